The largest absolute Gasteiger partial charge is 0.466 e. The third kappa shape index (κ3) is 5.15. The van der Waals surface area contributed by atoms with Crippen LogP contribution in [0.25, 0.3) is 0 Å². The van der Waals surface area contributed by atoms with E-state index in [0.717, 1.165) is 12.5 Å². The average Bonchev–Trinajstić information content (AvgIpc) is 3.11. The van der Waals surface area contributed by atoms with Gasteiger partial charge in [0.15, 0.2) is 5.96 Å². The molecule has 0 saturated heterocycles. The summed E-state index contributed by atoms with van der Waals surface area (Å²) in [5, 5.41) is 16.9. The molecule has 1 fully saturated rings. The fraction of sp³-hybridized carbons (Fsp3) is 0.688. The van der Waals surface area contributed by atoms with Gasteiger partial charge in [0, 0.05) is 13.6 Å². The number of guanidine groups is 1. The van der Waals surface area contributed by atoms with Crippen molar-refractivity contribution in [3.63, 3.8) is 0 Å². The standard InChI is InChI=1S/C16H27N3O2.HI/c1-15(8-4-5-9-15)11-18-14(17-3)19-12-16(2,20)13-7-6-10-21-13;/h6-7,10,20H,4-5,8-9,11-12H2,1-3H3,(H2,17,18,19);1H. The van der Waals surface area contributed by atoms with Crippen LogP contribution in [0.2, 0.25) is 0 Å². The molecule has 0 bridgehead atoms. The van der Waals surface area contributed by atoms with Gasteiger partial charge in [-0.3, -0.25) is 4.99 Å². The van der Waals surface area contributed by atoms with Crippen LogP contribution in [0, 0.1) is 5.41 Å². The molecule has 1 atom stereocenters. The van der Waals surface area contributed by atoms with Gasteiger partial charge in [-0.1, -0.05) is 19.8 Å². The number of aliphatic imine (C=N–C) groups is 1. The summed E-state index contributed by atoms with van der Waals surface area (Å²) in [4.78, 5) is 4.22. The number of hydrogen-bond donors (Lipinski definition) is 3. The Kier molecular flexibility index (Phi) is 7.18. The van der Waals surface area contributed by atoms with Crippen molar-refractivity contribution in [1.82, 2.24) is 10.6 Å². The van der Waals surface area contributed by atoms with Crippen LogP contribution in [-0.4, -0.2) is 31.2 Å². The lowest BCUT2D eigenvalue weighted by atomic mass is 9.89. The molecule has 22 heavy (non-hydrogen) atoms. The molecule has 1 aliphatic rings. The van der Waals surface area contributed by atoms with Gasteiger partial charge >= 0.3 is 0 Å². The van der Waals surface area contributed by atoms with Crippen molar-refractivity contribution in [3.8, 4) is 0 Å². The zero-order valence-corrected chi connectivity index (χ0v) is 16.0. The summed E-state index contributed by atoms with van der Waals surface area (Å²) < 4.78 is 5.27. The lowest BCUT2D eigenvalue weighted by Gasteiger charge is -2.27. The van der Waals surface area contributed by atoms with Crippen LogP contribution in [0.4, 0.5) is 0 Å². The van der Waals surface area contributed by atoms with Gasteiger partial charge in [0.25, 0.3) is 0 Å². The summed E-state index contributed by atoms with van der Waals surface area (Å²) in [7, 11) is 1.74. The molecule has 1 aromatic rings. The van der Waals surface area contributed by atoms with Crippen molar-refractivity contribution in [2.75, 3.05) is 20.1 Å². The summed E-state index contributed by atoms with van der Waals surface area (Å²) in [6.07, 6.45) is 6.73. The number of nitrogens with zero attached hydrogens (tertiary/aromatic N) is 1. The van der Waals surface area contributed by atoms with E-state index in [1.807, 2.05) is 0 Å². The van der Waals surface area contributed by atoms with E-state index >= 15 is 0 Å². The molecule has 1 heterocycles. The van der Waals surface area contributed by atoms with E-state index in [-0.39, 0.29) is 24.0 Å². The van der Waals surface area contributed by atoms with E-state index in [2.05, 4.69) is 22.5 Å². The van der Waals surface area contributed by atoms with E-state index in [9.17, 15) is 5.11 Å². The van der Waals surface area contributed by atoms with Gasteiger partial charge in [-0.2, -0.15) is 0 Å². The zero-order valence-electron chi connectivity index (χ0n) is 13.7. The molecule has 1 aliphatic carbocycles. The third-order valence-electron chi connectivity index (χ3n) is 4.37. The minimum absolute atomic E-state index is 0. The molecule has 0 spiro atoms. The molecular weight excluding hydrogens is 393 g/mol. The zero-order chi connectivity index (χ0) is 15.3. The molecule has 0 aromatic carbocycles. The predicted molar refractivity (Wildman–Crippen MR) is 99.6 cm³/mol. The Balaban J connectivity index is 0.00000242. The molecule has 1 saturated carbocycles. The molecular formula is C16H28IN3O2. The van der Waals surface area contributed by atoms with Gasteiger partial charge in [-0.15, -0.1) is 24.0 Å². The van der Waals surface area contributed by atoms with E-state index in [4.69, 9.17) is 4.42 Å². The number of hydrogen-bond acceptors (Lipinski definition) is 3. The monoisotopic (exact) mass is 421 g/mol. The number of rotatable bonds is 5. The molecule has 5 nitrogen and oxygen atoms in total. The Bertz CT molecular complexity index is 466. The highest BCUT2D eigenvalue weighted by molar-refractivity contribution is 14.0. The van der Waals surface area contributed by atoms with Crippen LogP contribution in [0.1, 0.15) is 45.3 Å². The van der Waals surface area contributed by atoms with Crippen molar-refractivity contribution in [2.45, 2.75) is 45.1 Å². The minimum Gasteiger partial charge on any atom is -0.466 e. The van der Waals surface area contributed by atoms with Gasteiger partial charge in [0.2, 0.25) is 0 Å². The van der Waals surface area contributed by atoms with E-state index in [1.165, 1.54) is 25.7 Å². The highest BCUT2D eigenvalue weighted by Gasteiger charge is 2.29. The van der Waals surface area contributed by atoms with E-state index < -0.39 is 5.60 Å². The normalized spacial score (nSPS) is 20.1. The van der Waals surface area contributed by atoms with Crippen molar-refractivity contribution in [2.24, 2.45) is 10.4 Å². The highest BCUT2D eigenvalue weighted by Crippen LogP contribution is 2.36. The van der Waals surface area contributed by atoms with Gasteiger partial charge in [-0.25, -0.2) is 0 Å². The van der Waals surface area contributed by atoms with Crippen LogP contribution >= 0.6 is 24.0 Å². The molecule has 0 radical (unpaired) electrons. The minimum atomic E-state index is -1.06. The molecule has 126 valence electrons. The van der Waals surface area contributed by atoms with Gasteiger partial charge in [0.05, 0.1) is 12.8 Å². The quantitative estimate of drug-likeness (QED) is 0.389. The molecule has 0 aliphatic heterocycles. The Morgan fingerprint density at radius 3 is 2.64 bits per heavy atom. The summed E-state index contributed by atoms with van der Waals surface area (Å²) >= 11 is 0. The molecule has 0 amide bonds. The van der Waals surface area contributed by atoms with Crippen molar-refractivity contribution in [1.29, 1.82) is 0 Å². The second-order valence-electron chi connectivity index (χ2n) is 6.55. The van der Waals surface area contributed by atoms with Gasteiger partial charge < -0.3 is 20.2 Å². The third-order valence-corrected chi connectivity index (χ3v) is 4.37. The SMILES string of the molecule is CN=C(NCC1(C)CCCC1)NCC(C)(O)c1ccco1.I. The van der Waals surface area contributed by atoms with Gasteiger partial charge in [-0.05, 0) is 37.3 Å². The van der Waals surface area contributed by atoms with Crippen LogP contribution in [-0.2, 0) is 5.60 Å². The first-order valence-corrected chi connectivity index (χ1v) is 7.66. The molecule has 1 aromatic heterocycles. The first kappa shape index (κ1) is 19.3. The Labute approximate surface area is 150 Å². The second-order valence-corrected chi connectivity index (χ2v) is 6.55. The Hall–Kier alpha value is -0.760. The first-order valence-electron chi connectivity index (χ1n) is 7.66. The van der Waals surface area contributed by atoms with Crippen LogP contribution in [0.3, 0.4) is 0 Å². The highest BCUT2D eigenvalue weighted by atomic mass is 127. The molecule has 6 heteroatoms. The van der Waals surface area contributed by atoms with Gasteiger partial charge in [0.1, 0.15) is 11.4 Å². The van der Waals surface area contributed by atoms with Crippen LogP contribution < -0.4 is 10.6 Å². The average molecular weight is 421 g/mol. The molecule has 1 unspecified atom stereocenters. The molecule has 3 N–H and O–H groups in total. The lowest BCUT2D eigenvalue weighted by Crippen LogP contribution is -2.46. The number of furan rings is 1. The topological polar surface area (TPSA) is 69.8 Å². The lowest BCUT2D eigenvalue weighted by molar-refractivity contribution is 0.0385. The summed E-state index contributed by atoms with van der Waals surface area (Å²) in [6.45, 7) is 5.30. The fourth-order valence-electron chi connectivity index (χ4n) is 2.85. The summed E-state index contributed by atoms with van der Waals surface area (Å²) in [6, 6.07) is 3.55. The Morgan fingerprint density at radius 1 is 1.41 bits per heavy atom. The maximum atomic E-state index is 10.4. The van der Waals surface area contributed by atoms with Crippen LogP contribution in [0.5, 0.6) is 0 Å². The molecule has 2 rings (SSSR count). The number of nitrogens with one attached hydrogen (secondary N) is 2. The van der Waals surface area contributed by atoms with Crippen molar-refractivity contribution >= 4 is 29.9 Å². The second kappa shape index (κ2) is 8.19. The summed E-state index contributed by atoms with van der Waals surface area (Å²) in [5.74, 6) is 1.27. The number of aliphatic hydroxyl groups is 1. The summed E-state index contributed by atoms with van der Waals surface area (Å²) in [5.41, 5.74) is -0.695. The Morgan fingerprint density at radius 2 is 2.09 bits per heavy atom. The maximum Gasteiger partial charge on any atom is 0.191 e. The van der Waals surface area contributed by atoms with E-state index in [1.54, 1.807) is 32.4 Å². The smallest absolute Gasteiger partial charge is 0.191 e. The van der Waals surface area contributed by atoms with Crippen molar-refractivity contribution in [3.05, 3.63) is 24.2 Å². The van der Waals surface area contributed by atoms with E-state index in [0.29, 0.717) is 17.7 Å². The van der Waals surface area contributed by atoms with Crippen molar-refractivity contribution < 1.29 is 9.52 Å². The first-order chi connectivity index (χ1) is 9.95. The predicted octanol–water partition coefficient (Wildman–Crippen LogP) is 2.85. The fourth-order valence-corrected chi connectivity index (χ4v) is 2.85. The number of halogens is 1. The van der Waals surface area contributed by atoms with Crippen LogP contribution in [0.15, 0.2) is 27.8 Å². The maximum absolute atomic E-state index is 10.4.